The van der Waals surface area contributed by atoms with E-state index in [2.05, 4.69) is 10.2 Å². The number of piperazine rings is 1. The number of carbonyl (C=O) groups is 2. The van der Waals surface area contributed by atoms with Gasteiger partial charge in [0.15, 0.2) is 0 Å². The topological polar surface area (TPSA) is 65.1 Å². The van der Waals surface area contributed by atoms with Crippen LogP contribution in [0.15, 0.2) is 30.3 Å². The van der Waals surface area contributed by atoms with E-state index in [0.29, 0.717) is 45.0 Å². The number of rotatable bonds is 2. The Morgan fingerprint density at radius 2 is 1.85 bits per heavy atom. The van der Waals surface area contributed by atoms with E-state index < -0.39 is 0 Å². The van der Waals surface area contributed by atoms with E-state index in [9.17, 15) is 9.59 Å². The van der Waals surface area contributed by atoms with Gasteiger partial charge in [-0.2, -0.15) is 0 Å². The van der Waals surface area contributed by atoms with Crippen LogP contribution in [-0.2, 0) is 4.74 Å². The van der Waals surface area contributed by atoms with Crippen molar-refractivity contribution in [2.24, 2.45) is 0 Å². The molecule has 1 N–H and O–H groups in total. The Kier molecular flexibility index (Phi) is 4.82. The summed E-state index contributed by atoms with van der Waals surface area (Å²) in [7, 11) is 0. The Hall–Kier alpha value is -2.12. The molecule has 7 heteroatoms. The van der Waals surface area contributed by atoms with Crippen molar-refractivity contribution in [3.8, 4) is 0 Å². The molecule has 3 heterocycles. The molecule has 1 spiro atoms. The average molecular weight is 372 g/mol. The summed E-state index contributed by atoms with van der Waals surface area (Å²) < 4.78 is 5.69. The number of nitrogens with zero attached hydrogens (tertiary/aromatic N) is 3. The number of hydrogen-bond acceptors (Lipinski definition) is 4. The van der Waals surface area contributed by atoms with Crippen molar-refractivity contribution >= 4 is 11.9 Å². The molecule has 1 aromatic rings. The summed E-state index contributed by atoms with van der Waals surface area (Å²) >= 11 is 0. The van der Waals surface area contributed by atoms with Gasteiger partial charge in [-0.25, -0.2) is 4.79 Å². The summed E-state index contributed by atoms with van der Waals surface area (Å²) in [6.45, 7) is 8.77. The number of likely N-dealkylation sites (tertiary alicyclic amines) is 1. The van der Waals surface area contributed by atoms with Crippen LogP contribution in [-0.4, -0.2) is 90.2 Å². The maximum atomic E-state index is 13.0. The van der Waals surface area contributed by atoms with Gasteiger partial charge in [0, 0.05) is 44.3 Å². The van der Waals surface area contributed by atoms with E-state index >= 15 is 0 Å². The van der Waals surface area contributed by atoms with E-state index in [4.69, 9.17) is 4.74 Å². The van der Waals surface area contributed by atoms with Crippen molar-refractivity contribution in [2.75, 3.05) is 45.9 Å². The highest BCUT2D eigenvalue weighted by Gasteiger charge is 2.56. The third kappa shape index (κ3) is 3.41. The van der Waals surface area contributed by atoms with Crippen LogP contribution in [0.5, 0.6) is 0 Å². The molecule has 3 aliphatic rings. The van der Waals surface area contributed by atoms with E-state index in [1.807, 2.05) is 54.0 Å². The molecule has 3 saturated heterocycles. The standard InChI is InChI=1S/C20H28N4O3/c1-15(2)21-19(26)23-13-20(14-23)12-22(10-17-11-27-9-8-24(17)20)18(25)16-6-4-3-5-7-16/h3-7,15,17H,8-14H2,1-2H3,(H,21,26). The number of ether oxygens (including phenoxy) is 1. The molecule has 7 nitrogen and oxygen atoms in total. The summed E-state index contributed by atoms with van der Waals surface area (Å²) in [5.41, 5.74) is 0.553. The molecule has 1 aromatic carbocycles. The van der Waals surface area contributed by atoms with Crippen LogP contribution >= 0.6 is 0 Å². The average Bonchev–Trinajstić information content (AvgIpc) is 2.64. The fourth-order valence-corrected chi connectivity index (χ4v) is 4.54. The molecule has 4 rings (SSSR count). The Bertz CT molecular complexity index is 702. The molecule has 146 valence electrons. The zero-order chi connectivity index (χ0) is 19.0. The van der Waals surface area contributed by atoms with Crippen LogP contribution in [0.2, 0.25) is 0 Å². The van der Waals surface area contributed by atoms with Gasteiger partial charge in [-0.1, -0.05) is 18.2 Å². The van der Waals surface area contributed by atoms with E-state index in [1.165, 1.54) is 0 Å². The van der Waals surface area contributed by atoms with Gasteiger partial charge in [-0.05, 0) is 26.0 Å². The summed E-state index contributed by atoms with van der Waals surface area (Å²) in [6, 6.07) is 9.72. The predicted octanol–water partition coefficient (Wildman–Crippen LogP) is 1.02. The minimum Gasteiger partial charge on any atom is -0.378 e. The summed E-state index contributed by atoms with van der Waals surface area (Å²) in [4.78, 5) is 31.7. The number of nitrogens with one attached hydrogen (secondary N) is 1. The second kappa shape index (κ2) is 7.13. The first-order valence-electron chi connectivity index (χ1n) is 9.73. The van der Waals surface area contributed by atoms with Gasteiger partial charge >= 0.3 is 6.03 Å². The van der Waals surface area contributed by atoms with E-state index in [1.54, 1.807) is 0 Å². The highest BCUT2D eigenvalue weighted by molar-refractivity contribution is 5.94. The number of amides is 3. The molecule has 0 aromatic heterocycles. The van der Waals surface area contributed by atoms with Crippen LogP contribution < -0.4 is 5.32 Å². The SMILES string of the molecule is CC(C)NC(=O)N1CC2(C1)CN(C(=O)c1ccccc1)CC1COCCN12. The quantitative estimate of drug-likeness (QED) is 0.842. The van der Waals surface area contributed by atoms with Crippen molar-refractivity contribution in [3.05, 3.63) is 35.9 Å². The Labute approximate surface area is 160 Å². The Morgan fingerprint density at radius 3 is 2.56 bits per heavy atom. The van der Waals surface area contributed by atoms with Crippen molar-refractivity contribution in [1.82, 2.24) is 20.0 Å². The van der Waals surface area contributed by atoms with Crippen molar-refractivity contribution in [2.45, 2.75) is 31.5 Å². The third-order valence-electron chi connectivity index (χ3n) is 5.73. The monoisotopic (exact) mass is 372 g/mol. The smallest absolute Gasteiger partial charge is 0.317 e. The van der Waals surface area contributed by atoms with Crippen molar-refractivity contribution in [3.63, 3.8) is 0 Å². The highest BCUT2D eigenvalue weighted by atomic mass is 16.5. The molecule has 3 amide bonds. The number of morpholine rings is 1. The fourth-order valence-electron chi connectivity index (χ4n) is 4.54. The van der Waals surface area contributed by atoms with Gasteiger partial charge in [-0.3, -0.25) is 9.69 Å². The lowest BCUT2D eigenvalue weighted by Crippen LogP contribution is -2.82. The molecule has 0 aliphatic carbocycles. The molecule has 1 atom stereocenters. The second-order valence-electron chi connectivity index (χ2n) is 8.16. The number of urea groups is 1. The zero-order valence-corrected chi connectivity index (χ0v) is 16.1. The third-order valence-corrected chi connectivity index (χ3v) is 5.73. The molecule has 3 fully saturated rings. The van der Waals surface area contributed by atoms with Gasteiger partial charge in [0.05, 0.1) is 24.8 Å². The molecular formula is C20H28N4O3. The number of benzene rings is 1. The van der Waals surface area contributed by atoms with E-state index in [0.717, 1.165) is 6.54 Å². The molecule has 0 bridgehead atoms. The molecule has 3 aliphatic heterocycles. The summed E-state index contributed by atoms with van der Waals surface area (Å²) in [6.07, 6.45) is 0. The first-order chi connectivity index (χ1) is 13.0. The Morgan fingerprint density at radius 1 is 1.15 bits per heavy atom. The summed E-state index contributed by atoms with van der Waals surface area (Å²) in [5, 5.41) is 2.96. The minimum atomic E-state index is -0.161. The highest BCUT2D eigenvalue weighted by Crippen LogP contribution is 2.36. The first kappa shape index (κ1) is 18.3. The second-order valence-corrected chi connectivity index (χ2v) is 8.16. The van der Waals surface area contributed by atoms with Crippen LogP contribution in [0.1, 0.15) is 24.2 Å². The normalized spacial score (nSPS) is 24.5. The number of carbonyl (C=O) groups excluding carboxylic acids is 2. The van der Waals surface area contributed by atoms with Gasteiger partial charge in [0.1, 0.15) is 0 Å². The van der Waals surface area contributed by atoms with Crippen molar-refractivity contribution < 1.29 is 14.3 Å². The Balaban J connectivity index is 1.51. The molecular weight excluding hydrogens is 344 g/mol. The molecule has 0 radical (unpaired) electrons. The lowest BCUT2D eigenvalue weighted by atomic mass is 9.82. The van der Waals surface area contributed by atoms with E-state index in [-0.39, 0.29) is 29.6 Å². The maximum absolute atomic E-state index is 13.0. The van der Waals surface area contributed by atoms with Crippen LogP contribution in [0, 0.1) is 0 Å². The number of fused-ring (bicyclic) bond motifs is 2. The first-order valence-corrected chi connectivity index (χ1v) is 9.73. The molecule has 1 unspecified atom stereocenters. The zero-order valence-electron chi connectivity index (χ0n) is 16.1. The fraction of sp³-hybridized carbons (Fsp3) is 0.600. The van der Waals surface area contributed by atoms with Crippen LogP contribution in [0.4, 0.5) is 4.79 Å². The van der Waals surface area contributed by atoms with Gasteiger partial charge < -0.3 is 19.9 Å². The van der Waals surface area contributed by atoms with Gasteiger partial charge in [-0.15, -0.1) is 0 Å². The van der Waals surface area contributed by atoms with Gasteiger partial charge in [0.25, 0.3) is 5.91 Å². The predicted molar refractivity (Wildman–Crippen MR) is 102 cm³/mol. The minimum absolute atomic E-state index is 0.0213. The lowest BCUT2D eigenvalue weighted by Gasteiger charge is -2.63. The summed E-state index contributed by atoms with van der Waals surface area (Å²) in [5.74, 6) is 0.0604. The molecule has 0 saturated carbocycles. The largest absolute Gasteiger partial charge is 0.378 e. The van der Waals surface area contributed by atoms with Crippen molar-refractivity contribution in [1.29, 1.82) is 0 Å². The maximum Gasteiger partial charge on any atom is 0.317 e. The van der Waals surface area contributed by atoms with Gasteiger partial charge in [0.2, 0.25) is 0 Å². The lowest BCUT2D eigenvalue weighted by molar-refractivity contribution is -0.147. The number of hydrogen-bond donors (Lipinski definition) is 1. The molecule has 27 heavy (non-hydrogen) atoms. The van der Waals surface area contributed by atoms with Crippen LogP contribution in [0.3, 0.4) is 0 Å². The van der Waals surface area contributed by atoms with Crippen LogP contribution in [0.25, 0.3) is 0 Å².